The van der Waals surface area contributed by atoms with Gasteiger partial charge in [0.15, 0.2) is 0 Å². The molecule has 0 radical (unpaired) electrons. The van der Waals surface area contributed by atoms with Crippen molar-refractivity contribution in [3.05, 3.63) is 57.8 Å². The summed E-state index contributed by atoms with van der Waals surface area (Å²) >= 11 is 3.19. The molecule has 0 unspecified atom stereocenters. The van der Waals surface area contributed by atoms with Gasteiger partial charge in [0.25, 0.3) is 5.91 Å². The molecular formula is C14H7BrN4O. The van der Waals surface area contributed by atoms with Gasteiger partial charge in [-0.3, -0.25) is 4.79 Å². The number of carbonyl (C=O) groups excluding carboxylic acids is 1. The van der Waals surface area contributed by atoms with Gasteiger partial charge in [-0.25, -0.2) is 4.98 Å². The van der Waals surface area contributed by atoms with Gasteiger partial charge < -0.3 is 5.32 Å². The molecule has 1 amide bonds. The summed E-state index contributed by atoms with van der Waals surface area (Å²) in [6.07, 6.45) is 1.51. The minimum Gasteiger partial charge on any atom is -0.322 e. The second-order valence-corrected chi connectivity index (χ2v) is 4.62. The summed E-state index contributed by atoms with van der Waals surface area (Å²) in [4.78, 5) is 15.9. The summed E-state index contributed by atoms with van der Waals surface area (Å²) < 4.78 is 0.558. The number of aromatic nitrogens is 1. The molecule has 1 heterocycles. The van der Waals surface area contributed by atoms with Crippen LogP contribution in [0, 0.1) is 22.7 Å². The standard InChI is InChI=1S/C14H7BrN4O/c15-13-6-9(3-4-18-13)14(20)19-12-2-1-10(7-16)11(5-12)8-17/h1-6H,(H,19,20). The molecule has 0 saturated carbocycles. The lowest BCUT2D eigenvalue weighted by Gasteiger charge is -2.06. The van der Waals surface area contributed by atoms with E-state index in [9.17, 15) is 4.79 Å². The van der Waals surface area contributed by atoms with Gasteiger partial charge in [-0.15, -0.1) is 0 Å². The van der Waals surface area contributed by atoms with Crippen LogP contribution in [0.25, 0.3) is 0 Å². The van der Waals surface area contributed by atoms with Gasteiger partial charge in [0.1, 0.15) is 16.7 Å². The number of anilines is 1. The lowest BCUT2D eigenvalue weighted by molar-refractivity contribution is 0.102. The molecule has 0 saturated heterocycles. The Labute approximate surface area is 123 Å². The van der Waals surface area contributed by atoms with Crippen molar-refractivity contribution in [2.75, 3.05) is 5.32 Å². The quantitative estimate of drug-likeness (QED) is 0.859. The average molecular weight is 327 g/mol. The van der Waals surface area contributed by atoms with E-state index < -0.39 is 0 Å². The van der Waals surface area contributed by atoms with Crippen LogP contribution in [0.5, 0.6) is 0 Å². The fraction of sp³-hybridized carbons (Fsp3) is 0. The summed E-state index contributed by atoms with van der Waals surface area (Å²) in [6.45, 7) is 0. The van der Waals surface area contributed by atoms with Crippen molar-refractivity contribution in [1.29, 1.82) is 10.5 Å². The Hall–Kier alpha value is -2.70. The number of pyridine rings is 1. The maximum absolute atomic E-state index is 12.0. The highest BCUT2D eigenvalue weighted by Gasteiger charge is 2.09. The van der Waals surface area contributed by atoms with Gasteiger partial charge in [-0.1, -0.05) is 0 Å². The van der Waals surface area contributed by atoms with Crippen LogP contribution in [-0.2, 0) is 0 Å². The Balaban J connectivity index is 2.25. The summed E-state index contributed by atoms with van der Waals surface area (Å²) in [5, 5.41) is 20.4. The number of amides is 1. The van der Waals surface area contributed by atoms with E-state index in [2.05, 4.69) is 26.2 Å². The van der Waals surface area contributed by atoms with Crippen molar-refractivity contribution in [2.45, 2.75) is 0 Å². The Morgan fingerprint density at radius 2 is 1.90 bits per heavy atom. The lowest BCUT2D eigenvalue weighted by atomic mass is 10.1. The van der Waals surface area contributed by atoms with Gasteiger partial charge >= 0.3 is 0 Å². The van der Waals surface area contributed by atoms with E-state index >= 15 is 0 Å². The largest absolute Gasteiger partial charge is 0.322 e. The van der Waals surface area contributed by atoms with Crippen molar-refractivity contribution in [3.63, 3.8) is 0 Å². The predicted molar refractivity (Wildman–Crippen MR) is 75.8 cm³/mol. The first kappa shape index (κ1) is 13.7. The maximum atomic E-state index is 12.0. The molecule has 2 aromatic rings. The molecule has 20 heavy (non-hydrogen) atoms. The summed E-state index contributed by atoms with van der Waals surface area (Å²) in [7, 11) is 0. The molecule has 1 aromatic heterocycles. The molecule has 5 nitrogen and oxygen atoms in total. The molecule has 6 heteroatoms. The molecule has 1 N–H and O–H groups in total. The molecule has 0 bridgehead atoms. The van der Waals surface area contributed by atoms with Crippen LogP contribution in [0.1, 0.15) is 21.5 Å². The molecule has 0 atom stereocenters. The van der Waals surface area contributed by atoms with E-state index in [1.54, 1.807) is 18.2 Å². The first-order valence-electron chi connectivity index (χ1n) is 5.51. The van der Waals surface area contributed by atoms with Gasteiger partial charge in [0.2, 0.25) is 0 Å². The molecule has 0 aliphatic heterocycles. The van der Waals surface area contributed by atoms with Crippen molar-refractivity contribution in [3.8, 4) is 12.1 Å². The number of nitriles is 2. The number of rotatable bonds is 2. The number of nitrogens with zero attached hydrogens (tertiary/aromatic N) is 3. The third-order valence-corrected chi connectivity index (χ3v) is 2.94. The highest BCUT2D eigenvalue weighted by molar-refractivity contribution is 9.10. The van der Waals surface area contributed by atoms with Crippen molar-refractivity contribution in [1.82, 2.24) is 4.98 Å². The number of nitrogens with one attached hydrogen (secondary N) is 1. The number of halogens is 1. The SMILES string of the molecule is N#Cc1ccc(NC(=O)c2ccnc(Br)c2)cc1C#N. The third-order valence-electron chi connectivity index (χ3n) is 2.51. The molecule has 0 aliphatic rings. The topological polar surface area (TPSA) is 89.6 Å². The summed E-state index contributed by atoms with van der Waals surface area (Å²) in [5.74, 6) is -0.318. The normalized spacial score (nSPS) is 9.35. The number of hydrogen-bond acceptors (Lipinski definition) is 4. The monoisotopic (exact) mass is 326 g/mol. The zero-order chi connectivity index (χ0) is 14.5. The van der Waals surface area contributed by atoms with Gasteiger partial charge in [0, 0.05) is 17.4 Å². The van der Waals surface area contributed by atoms with E-state index in [0.717, 1.165) is 0 Å². The number of hydrogen-bond donors (Lipinski definition) is 1. The van der Waals surface area contributed by atoms with E-state index in [1.165, 1.54) is 18.3 Å². The van der Waals surface area contributed by atoms with Crippen LogP contribution < -0.4 is 5.32 Å². The molecule has 0 aliphatic carbocycles. The van der Waals surface area contributed by atoms with Gasteiger partial charge in [0.05, 0.1) is 11.1 Å². The molecule has 0 spiro atoms. The minimum atomic E-state index is -0.318. The van der Waals surface area contributed by atoms with E-state index in [0.29, 0.717) is 15.9 Å². The average Bonchev–Trinajstić information content (AvgIpc) is 2.47. The van der Waals surface area contributed by atoms with Crippen molar-refractivity contribution in [2.24, 2.45) is 0 Å². The van der Waals surface area contributed by atoms with Crippen LogP contribution in [0.4, 0.5) is 5.69 Å². The van der Waals surface area contributed by atoms with Crippen LogP contribution in [0.15, 0.2) is 41.1 Å². The smallest absolute Gasteiger partial charge is 0.255 e. The van der Waals surface area contributed by atoms with Crippen molar-refractivity contribution >= 4 is 27.5 Å². The molecule has 1 aromatic carbocycles. The Kier molecular flexibility index (Phi) is 4.09. The van der Waals surface area contributed by atoms with Crippen LogP contribution in [0.2, 0.25) is 0 Å². The molecule has 0 fully saturated rings. The van der Waals surface area contributed by atoms with Gasteiger partial charge in [-0.2, -0.15) is 10.5 Å². The third kappa shape index (κ3) is 3.00. The molecular weight excluding hydrogens is 320 g/mol. The zero-order valence-electron chi connectivity index (χ0n) is 10.1. The Morgan fingerprint density at radius 1 is 1.15 bits per heavy atom. The fourth-order valence-corrected chi connectivity index (χ4v) is 1.92. The second-order valence-electron chi connectivity index (χ2n) is 3.81. The summed E-state index contributed by atoms with van der Waals surface area (Å²) in [5.41, 5.74) is 1.39. The van der Waals surface area contributed by atoms with Crippen LogP contribution >= 0.6 is 15.9 Å². The minimum absolute atomic E-state index is 0.223. The van der Waals surface area contributed by atoms with E-state index in [-0.39, 0.29) is 17.0 Å². The summed E-state index contributed by atoms with van der Waals surface area (Å²) in [6, 6.07) is 11.5. The second kappa shape index (κ2) is 5.96. The van der Waals surface area contributed by atoms with E-state index in [1.807, 2.05) is 12.1 Å². The first-order valence-corrected chi connectivity index (χ1v) is 6.30. The fourth-order valence-electron chi connectivity index (χ4n) is 1.56. The van der Waals surface area contributed by atoms with Gasteiger partial charge in [-0.05, 0) is 46.3 Å². The number of benzene rings is 1. The number of carbonyl (C=O) groups is 1. The zero-order valence-corrected chi connectivity index (χ0v) is 11.7. The Bertz CT molecular complexity index is 758. The maximum Gasteiger partial charge on any atom is 0.255 e. The Morgan fingerprint density at radius 3 is 2.55 bits per heavy atom. The predicted octanol–water partition coefficient (Wildman–Crippen LogP) is 2.84. The highest BCUT2D eigenvalue weighted by atomic mass is 79.9. The highest BCUT2D eigenvalue weighted by Crippen LogP contribution is 2.16. The van der Waals surface area contributed by atoms with Crippen molar-refractivity contribution < 1.29 is 4.79 Å². The molecule has 96 valence electrons. The van der Waals surface area contributed by atoms with Crippen LogP contribution in [0.3, 0.4) is 0 Å². The first-order chi connectivity index (χ1) is 9.63. The van der Waals surface area contributed by atoms with Crippen LogP contribution in [-0.4, -0.2) is 10.9 Å². The lowest BCUT2D eigenvalue weighted by Crippen LogP contribution is -2.12. The molecule has 2 rings (SSSR count). The van der Waals surface area contributed by atoms with E-state index in [4.69, 9.17) is 10.5 Å².